The summed E-state index contributed by atoms with van der Waals surface area (Å²) in [5, 5.41) is 6.14. The molecular formula is C14H20N2O. The molecule has 1 aliphatic rings. The minimum absolute atomic E-state index is 0.0361. The highest BCUT2D eigenvalue weighted by molar-refractivity contribution is 5.94. The average Bonchev–Trinajstić information content (AvgIpc) is 2.75. The molecule has 0 bridgehead atoms. The summed E-state index contributed by atoms with van der Waals surface area (Å²) in [7, 11) is 1.65. The maximum absolute atomic E-state index is 11.4. The first-order valence-corrected chi connectivity index (χ1v) is 6.27. The molecule has 0 aromatic heterocycles. The maximum atomic E-state index is 11.4. The molecular weight excluding hydrogens is 212 g/mol. The number of carbonyl (C=O) groups excluding carboxylic acids is 1. The second-order valence-electron chi connectivity index (χ2n) is 4.92. The van der Waals surface area contributed by atoms with E-state index in [-0.39, 0.29) is 5.91 Å². The molecule has 92 valence electrons. The van der Waals surface area contributed by atoms with Crippen molar-refractivity contribution in [3.05, 3.63) is 29.8 Å². The second-order valence-corrected chi connectivity index (χ2v) is 4.92. The summed E-state index contributed by atoms with van der Waals surface area (Å²) < 4.78 is 0. The van der Waals surface area contributed by atoms with E-state index in [0.717, 1.165) is 11.6 Å². The number of hydrogen-bond acceptors (Lipinski definition) is 2. The summed E-state index contributed by atoms with van der Waals surface area (Å²) in [4.78, 5) is 11.4. The van der Waals surface area contributed by atoms with E-state index in [2.05, 4.69) is 17.6 Å². The van der Waals surface area contributed by atoms with Gasteiger partial charge in [-0.25, -0.2) is 0 Å². The van der Waals surface area contributed by atoms with Gasteiger partial charge in [0.05, 0.1) is 0 Å². The third kappa shape index (κ3) is 2.99. The van der Waals surface area contributed by atoms with Crippen LogP contribution in [0.5, 0.6) is 0 Å². The van der Waals surface area contributed by atoms with Crippen LogP contribution in [-0.4, -0.2) is 19.0 Å². The molecule has 0 heterocycles. The Balaban J connectivity index is 1.96. The fourth-order valence-electron chi connectivity index (χ4n) is 2.44. The Morgan fingerprint density at radius 2 is 1.94 bits per heavy atom. The molecule has 1 amide bonds. The van der Waals surface area contributed by atoms with Gasteiger partial charge in [0, 0.05) is 24.3 Å². The van der Waals surface area contributed by atoms with Crippen molar-refractivity contribution in [2.75, 3.05) is 12.4 Å². The van der Waals surface area contributed by atoms with Crippen LogP contribution in [0.2, 0.25) is 0 Å². The summed E-state index contributed by atoms with van der Waals surface area (Å²) in [6.45, 7) is 2.30. The van der Waals surface area contributed by atoms with Crippen molar-refractivity contribution >= 4 is 11.6 Å². The van der Waals surface area contributed by atoms with Crippen molar-refractivity contribution in [3.63, 3.8) is 0 Å². The molecule has 2 rings (SSSR count). The van der Waals surface area contributed by atoms with Crippen LogP contribution in [0.25, 0.3) is 0 Å². The van der Waals surface area contributed by atoms with Gasteiger partial charge in [-0.15, -0.1) is 0 Å². The predicted molar refractivity (Wildman–Crippen MR) is 70.3 cm³/mol. The largest absolute Gasteiger partial charge is 0.382 e. The van der Waals surface area contributed by atoms with Crippen molar-refractivity contribution in [2.45, 2.75) is 32.2 Å². The van der Waals surface area contributed by atoms with Crippen molar-refractivity contribution < 1.29 is 4.79 Å². The van der Waals surface area contributed by atoms with Crippen LogP contribution in [0.1, 0.15) is 36.5 Å². The minimum Gasteiger partial charge on any atom is -0.382 e. The molecule has 2 atom stereocenters. The molecule has 1 aliphatic carbocycles. The number of carbonyl (C=O) groups is 1. The highest BCUT2D eigenvalue weighted by Gasteiger charge is 2.20. The lowest BCUT2D eigenvalue weighted by molar-refractivity contribution is 0.0963. The van der Waals surface area contributed by atoms with E-state index in [4.69, 9.17) is 0 Å². The van der Waals surface area contributed by atoms with Crippen LogP contribution < -0.4 is 10.6 Å². The molecule has 17 heavy (non-hydrogen) atoms. The maximum Gasteiger partial charge on any atom is 0.251 e. The molecule has 1 fully saturated rings. The number of benzene rings is 1. The van der Waals surface area contributed by atoms with Crippen LogP contribution in [0.3, 0.4) is 0 Å². The number of hydrogen-bond donors (Lipinski definition) is 2. The monoisotopic (exact) mass is 232 g/mol. The summed E-state index contributed by atoms with van der Waals surface area (Å²) in [5.41, 5.74) is 1.81. The highest BCUT2D eigenvalue weighted by Crippen LogP contribution is 2.27. The number of rotatable bonds is 3. The molecule has 0 radical (unpaired) electrons. The zero-order chi connectivity index (χ0) is 12.3. The Morgan fingerprint density at radius 1 is 1.24 bits per heavy atom. The van der Waals surface area contributed by atoms with Crippen molar-refractivity contribution in [3.8, 4) is 0 Å². The molecule has 0 saturated heterocycles. The molecule has 0 spiro atoms. The third-order valence-corrected chi connectivity index (χ3v) is 3.44. The quantitative estimate of drug-likeness (QED) is 0.841. The second kappa shape index (κ2) is 5.21. The summed E-state index contributed by atoms with van der Waals surface area (Å²) in [6.07, 6.45) is 3.81. The molecule has 3 nitrogen and oxygen atoms in total. The normalized spacial score (nSPS) is 23.4. The van der Waals surface area contributed by atoms with Gasteiger partial charge in [0.1, 0.15) is 0 Å². The lowest BCUT2D eigenvalue weighted by Crippen LogP contribution is -2.18. The molecule has 2 N–H and O–H groups in total. The number of anilines is 1. The standard InChI is InChI=1S/C14H20N2O/c1-10-3-6-13(9-10)16-12-7-4-11(5-8-12)14(17)15-2/h4-5,7-8,10,13,16H,3,6,9H2,1-2H3,(H,15,17). The van der Waals surface area contributed by atoms with E-state index in [1.165, 1.54) is 19.3 Å². The van der Waals surface area contributed by atoms with Gasteiger partial charge in [0.2, 0.25) is 0 Å². The SMILES string of the molecule is CNC(=O)c1ccc(NC2CCC(C)C2)cc1. The fraction of sp³-hybridized carbons (Fsp3) is 0.500. The van der Waals surface area contributed by atoms with Gasteiger partial charge >= 0.3 is 0 Å². The first-order valence-electron chi connectivity index (χ1n) is 6.27. The number of amides is 1. The predicted octanol–water partition coefficient (Wildman–Crippen LogP) is 2.65. The van der Waals surface area contributed by atoms with Crippen LogP contribution >= 0.6 is 0 Å². The smallest absolute Gasteiger partial charge is 0.251 e. The molecule has 3 heteroatoms. The summed E-state index contributed by atoms with van der Waals surface area (Å²) in [5.74, 6) is 0.795. The Morgan fingerprint density at radius 3 is 2.47 bits per heavy atom. The molecule has 0 aliphatic heterocycles. The first kappa shape index (κ1) is 12.0. The van der Waals surface area contributed by atoms with E-state index in [1.807, 2.05) is 24.3 Å². The lowest BCUT2D eigenvalue weighted by atomic mass is 10.1. The fourth-order valence-corrected chi connectivity index (χ4v) is 2.44. The van der Waals surface area contributed by atoms with E-state index < -0.39 is 0 Å². The van der Waals surface area contributed by atoms with Gasteiger partial charge in [-0.05, 0) is 49.4 Å². The topological polar surface area (TPSA) is 41.1 Å². The Kier molecular flexibility index (Phi) is 3.67. The van der Waals surface area contributed by atoms with Crippen molar-refractivity contribution in [2.24, 2.45) is 5.92 Å². The van der Waals surface area contributed by atoms with Gasteiger partial charge < -0.3 is 10.6 Å². The van der Waals surface area contributed by atoms with Crippen molar-refractivity contribution in [1.29, 1.82) is 0 Å². The molecule has 1 saturated carbocycles. The summed E-state index contributed by atoms with van der Waals surface area (Å²) in [6, 6.07) is 8.27. The third-order valence-electron chi connectivity index (χ3n) is 3.44. The molecule has 2 unspecified atom stereocenters. The van der Waals surface area contributed by atoms with Crippen LogP contribution in [0.15, 0.2) is 24.3 Å². The molecule has 1 aromatic rings. The highest BCUT2D eigenvalue weighted by atomic mass is 16.1. The minimum atomic E-state index is -0.0361. The Bertz CT molecular complexity index is 386. The van der Waals surface area contributed by atoms with Gasteiger partial charge in [-0.3, -0.25) is 4.79 Å². The van der Waals surface area contributed by atoms with E-state index in [0.29, 0.717) is 11.6 Å². The molecule has 1 aromatic carbocycles. The zero-order valence-electron chi connectivity index (χ0n) is 10.5. The zero-order valence-corrected chi connectivity index (χ0v) is 10.5. The van der Waals surface area contributed by atoms with Gasteiger partial charge in [0.15, 0.2) is 0 Å². The van der Waals surface area contributed by atoms with Crippen LogP contribution in [0, 0.1) is 5.92 Å². The summed E-state index contributed by atoms with van der Waals surface area (Å²) >= 11 is 0. The van der Waals surface area contributed by atoms with Gasteiger partial charge in [-0.2, -0.15) is 0 Å². The van der Waals surface area contributed by atoms with Crippen LogP contribution in [-0.2, 0) is 0 Å². The van der Waals surface area contributed by atoms with Gasteiger partial charge in [-0.1, -0.05) is 6.92 Å². The van der Waals surface area contributed by atoms with E-state index in [9.17, 15) is 4.79 Å². The first-order chi connectivity index (χ1) is 8.19. The van der Waals surface area contributed by atoms with E-state index >= 15 is 0 Å². The van der Waals surface area contributed by atoms with Crippen molar-refractivity contribution in [1.82, 2.24) is 5.32 Å². The lowest BCUT2D eigenvalue weighted by Gasteiger charge is -2.14. The Hall–Kier alpha value is -1.51. The average molecular weight is 232 g/mol. The Labute approximate surface area is 103 Å². The van der Waals surface area contributed by atoms with E-state index in [1.54, 1.807) is 7.05 Å². The number of nitrogens with one attached hydrogen (secondary N) is 2. The van der Waals surface area contributed by atoms with Crippen LogP contribution in [0.4, 0.5) is 5.69 Å². The van der Waals surface area contributed by atoms with Gasteiger partial charge in [0.25, 0.3) is 5.91 Å².